The molecule has 248 valence electrons. The van der Waals surface area contributed by atoms with Crippen LogP contribution in [0.5, 0.6) is 11.5 Å². The van der Waals surface area contributed by atoms with Gasteiger partial charge >= 0.3 is 6.61 Å². The van der Waals surface area contributed by atoms with Gasteiger partial charge in [0.15, 0.2) is 11.6 Å². The van der Waals surface area contributed by atoms with Crippen molar-refractivity contribution >= 4 is 23.7 Å². The van der Waals surface area contributed by atoms with Crippen LogP contribution in [0, 0.1) is 23.4 Å². The van der Waals surface area contributed by atoms with Gasteiger partial charge in [-0.2, -0.15) is 8.78 Å². The van der Waals surface area contributed by atoms with Gasteiger partial charge in [-0.15, -0.1) is 0 Å². The van der Waals surface area contributed by atoms with Gasteiger partial charge in [0.2, 0.25) is 5.91 Å². The second kappa shape index (κ2) is 11.8. The molecule has 1 aromatic heterocycles. The number of halogens is 5. The molecule has 3 aliphatic rings. The number of primary amides is 1. The van der Waals surface area contributed by atoms with Crippen LogP contribution >= 0.6 is 0 Å². The highest BCUT2D eigenvalue weighted by Crippen LogP contribution is 2.50. The van der Waals surface area contributed by atoms with E-state index in [1.165, 1.54) is 25.3 Å². The zero-order valence-corrected chi connectivity index (χ0v) is 25.0. The highest BCUT2D eigenvalue weighted by Gasteiger charge is 2.50. The predicted molar refractivity (Wildman–Crippen MR) is 159 cm³/mol. The maximum absolute atomic E-state index is 15.1. The first-order valence-corrected chi connectivity index (χ1v) is 14.8. The SMILES string of the molecule is C[C@]1(C(N)=O)COc2c1cc([C@@](O)(CNC(=O)c1cc(C=NC3CC3)c(N)c(OC(F)F)c1)C1CC1)nc2-c1cc(F)c(F)cc1F. The summed E-state index contributed by atoms with van der Waals surface area (Å²) in [6, 6.07) is 4.74. The predicted octanol–water partition coefficient (Wildman–Crippen LogP) is 4.09. The minimum absolute atomic E-state index is 0.0753. The second-order valence-corrected chi connectivity index (χ2v) is 12.2. The van der Waals surface area contributed by atoms with Gasteiger partial charge < -0.3 is 31.4 Å². The van der Waals surface area contributed by atoms with Crippen LogP contribution in [0.2, 0.25) is 0 Å². The number of carbonyl (C=O) groups excluding carboxylic acids is 2. The van der Waals surface area contributed by atoms with E-state index in [4.69, 9.17) is 16.2 Å². The Morgan fingerprint density at radius 1 is 1.15 bits per heavy atom. The van der Waals surface area contributed by atoms with E-state index >= 15 is 4.39 Å². The molecule has 2 atom stereocenters. The normalized spacial score (nSPS) is 20.2. The van der Waals surface area contributed by atoms with Crippen molar-refractivity contribution in [1.29, 1.82) is 0 Å². The van der Waals surface area contributed by atoms with Gasteiger partial charge in [0.05, 0.1) is 24.0 Å². The first kappa shape index (κ1) is 32.2. The number of amides is 2. The third-order valence-corrected chi connectivity index (χ3v) is 8.72. The minimum Gasteiger partial charge on any atom is -0.489 e. The van der Waals surface area contributed by atoms with Crippen molar-refractivity contribution in [2.45, 2.75) is 56.3 Å². The summed E-state index contributed by atoms with van der Waals surface area (Å²) in [7, 11) is 0. The van der Waals surface area contributed by atoms with Crippen LogP contribution in [-0.2, 0) is 15.8 Å². The van der Waals surface area contributed by atoms with Gasteiger partial charge in [0.1, 0.15) is 40.6 Å². The number of aromatic nitrogens is 1. The molecule has 2 aliphatic carbocycles. The van der Waals surface area contributed by atoms with Crippen LogP contribution in [0.4, 0.5) is 27.6 Å². The van der Waals surface area contributed by atoms with Gasteiger partial charge in [0, 0.05) is 34.5 Å². The van der Waals surface area contributed by atoms with E-state index in [1.54, 1.807) is 0 Å². The number of fused-ring (bicyclic) bond motifs is 1. The van der Waals surface area contributed by atoms with E-state index < -0.39 is 70.7 Å². The molecule has 47 heavy (non-hydrogen) atoms. The lowest BCUT2D eigenvalue weighted by Gasteiger charge is -2.30. The highest BCUT2D eigenvalue weighted by molar-refractivity contribution is 5.99. The van der Waals surface area contributed by atoms with Crippen LogP contribution in [0.15, 0.2) is 35.3 Å². The zero-order chi connectivity index (χ0) is 33.8. The zero-order valence-electron chi connectivity index (χ0n) is 25.0. The lowest BCUT2D eigenvalue weighted by atomic mass is 9.81. The number of aliphatic hydroxyl groups is 1. The number of aliphatic imine (C=N–C) groups is 1. The van der Waals surface area contributed by atoms with Gasteiger partial charge in [-0.25, -0.2) is 18.2 Å². The van der Waals surface area contributed by atoms with Crippen molar-refractivity contribution in [3.05, 3.63) is 70.2 Å². The van der Waals surface area contributed by atoms with Crippen molar-refractivity contribution < 1.29 is 46.1 Å². The molecule has 0 saturated heterocycles. The molecule has 15 heteroatoms. The molecular formula is C32H30F5N5O5. The van der Waals surface area contributed by atoms with Crippen molar-refractivity contribution in [3.8, 4) is 22.8 Å². The molecule has 2 fully saturated rings. The molecule has 1 aliphatic heterocycles. The molecule has 0 unspecified atom stereocenters. The van der Waals surface area contributed by atoms with E-state index in [0.717, 1.165) is 18.9 Å². The molecule has 6 N–H and O–H groups in total. The molecule has 2 saturated carbocycles. The Hall–Kier alpha value is -4.79. The summed E-state index contributed by atoms with van der Waals surface area (Å²) in [5, 5.41) is 14.7. The molecule has 0 spiro atoms. The van der Waals surface area contributed by atoms with Crippen LogP contribution in [0.1, 0.15) is 59.8 Å². The Bertz CT molecular complexity index is 1820. The number of nitrogen functional groups attached to an aromatic ring is 1. The Morgan fingerprint density at radius 3 is 2.49 bits per heavy atom. The fraction of sp³-hybridized carbons (Fsp3) is 0.375. The second-order valence-electron chi connectivity index (χ2n) is 12.2. The Morgan fingerprint density at radius 2 is 1.85 bits per heavy atom. The first-order valence-electron chi connectivity index (χ1n) is 14.8. The number of hydrogen-bond acceptors (Lipinski definition) is 8. The number of carbonyl (C=O) groups is 2. The van der Waals surface area contributed by atoms with Crippen LogP contribution < -0.4 is 26.3 Å². The number of alkyl halides is 2. The molecule has 2 heterocycles. The largest absolute Gasteiger partial charge is 0.489 e. The van der Waals surface area contributed by atoms with E-state index in [0.29, 0.717) is 25.0 Å². The maximum Gasteiger partial charge on any atom is 0.387 e. The number of anilines is 1. The summed E-state index contributed by atoms with van der Waals surface area (Å²) in [4.78, 5) is 34.7. The fourth-order valence-corrected chi connectivity index (χ4v) is 5.51. The fourth-order valence-electron chi connectivity index (χ4n) is 5.51. The standard InChI is InChI=1S/C32H30F5N5O5/c1-31(29(39)44)13-46-27-19(31)9-24(42-26(27)18-8-21(34)22(35)10-20(18)33)32(45,16-2-3-16)12-41-28(43)14-6-15(11-40-17-4-5-17)25(38)23(7-14)47-30(36)37/h6-11,16-17,30,45H,2-5,12-13,38H2,1H3,(H2,39,44)(H,41,43)/t31-,32+/m0/s1. The van der Waals surface area contributed by atoms with Crippen molar-refractivity contribution in [2.24, 2.45) is 16.6 Å². The summed E-state index contributed by atoms with van der Waals surface area (Å²) in [5.41, 5.74) is 7.44. The Kier molecular flexibility index (Phi) is 8.06. The number of ether oxygens (including phenoxy) is 2. The Balaban J connectivity index is 1.39. The smallest absolute Gasteiger partial charge is 0.387 e. The van der Waals surface area contributed by atoms with Crippen LogP contribution in [-0.4, -0.2) is 53.9 Å². The number of nitrogens with two attached hydrogens (primary N) is 2. The number of rotatable bonds is 11. The van der Waals surface area contributed by atoms with E-state index in [9.17, 15) is 32.3 Å². The summed E-state index contributed by atoms with van der Waals surface area (Å²) in [6.07, 6.45) is 4.11. The molecule has 6 rings (SSSR count). The molecule has 3 aromatic rings. The topological polar surface area (TPSA) is 162 Å². The van der Waals surface area contributed by atoms with Gasteiger partial charge in [-0.05, 0) is 62.8 Å². The lowest BCUT2D eigenvalue weighted by molar-refractivity contribution is -0.123. The summed E-state index contributed by atoms with van der Waals surface area (Å²) in [5.74, 6) is -6.59. The lowest BCUT2D eigenvalue weighted by Crippen LogP contribution is -2.44. The number of pyridine rings is 1. The monoisotopic (exact) mass is 659 g/mol. The molecule has 2 amide bonds. The van der Waals surface area contributed by atoms with E-state index in [2.05, 4.69) is 20.0 Å². The van der Waals surface area contributed by atoms with Crippen LogP contribution in [0.25, 0.3) is 11.3 Å². The molecule has 0 radical (unpaired) electrons. The average Bonchev–Trinajstić information content (AvgIpc) is 3.96. The quantitative estimate of drug-likeness (QED) is 0.104. The van der Waals surface area contributed by atoms with Crippen molar-refractivity contribution in [1.82, 2.24) is 10.3 Å². The summed E-state index contributed by atoms with van der Waals surface area (Å²) in [6.45, 7) is -2.50. The van der Waals surface area contributed by atoms with Crippen molar-refractivity contribution in [3.63, 3.8) is 0 Å². The Labute approximate surface area is 265 Å². The van der Waals surface area contributed by atoms with Crippen LogP contribution in [0.3, 0.4) is 0 Å². The number of nitrogens with zero attached hydrogens (tertiary/aromatic N) is 2. The molecule has 2 aromatic carbocycles. The third kappa shape index (κ3) is 6.06. The number of hydrogen-bond donors (Lipinski definition) is 4. The number of nitrogens with one attached hydrogen (secondary N) is 1. The molecule has 0 bridgehead atoms. The summed E-state index contributed by atoms with van der Waals surface area (Å²) >= 11 is 0. The number of benzene rings is 2. The minimum atomic E-state index is -3.22. The van der Waals surface area contributed by atoms with Gasteiger partial charge in [0.25, 0.3) is 5.91 Å². The van der Waals surface area contributed by atoms with Crippen molar-refractivity contribution in [2.75, 3.05) is 18.9 Å². The van der Waals surface area contributed by atoms with Gasteiger partial charge in [-0.3, -0.25) is 14.6 Å². The van der Waals surface area contributed by atoms with E-state index in [-0.39, 0.29) is 52.2 Å². The maximum atomic E-state index is 15.1. The highest BCUT2D eigenvalue weighted by atomic mass is 19.3. The summed E-state index contributed by atoms with van der Waals surface area (Å²) < 4.78 is 79.7. The van der Waals surface area contributed by atoms with E-state index in [1.807, 2.05) is 0 Å². The third-order valence-electron chi connectivity index (χ3n) is 8.72. The molecular weight excluding hydrogens is 629 g/mol. The average molecular weight is 660 g/mol. The van der Waals surface area contributed by atoms with Gasteiger partial charge in [-0.1, -0.05) is 0 Å². The molecule has 10 nitrogen and oxygen atoms in total. The first-order chi connectivity index (χ1) is 22.2.